The second-order valence-corrected chi connectivity index (χ2v) is 6.51. The van der Waals surface area contributed by atoms with Crippen LogP contribution in [0.2, 0.25) is 5.02 Å². The number of para-hydroxylation sites is 1. The van der Waals surface area contributed by atoms with E-state index >= 15 is 0 Å². The third-order valence-corrected chi connectivity index (χ3v) is 4.52. The summed E-state index contributed by atoms with van der Waals surface area (Å²) in [5.41, 5.74) is 2.90. The molecule has 0 aliphatic carbocycles. The molecule has 0 atom stereocenters. The molecule has 0 radical (unpaired) electrons. The fourth-order valence-corrected chi connectivity index (χ4v) is 2.99. The minimum Gasteiger partial charge on any atom is -0.451 e. The molecule has 3 rings (SSSR count). The average Bonchev–Trinajstić information content (AvgIpc) is 3.22. The lowest BCUT2D eigenvalue weighted by atomic mass is 10.2. The van der Waals surface area contributed by atoms with E-state index in [-0.39, 0.29) is 5.69 Å². The number of esters is 1. The summed E-state index contributed by atoms with van der Waals surface area (Å²) < 4.78 is 6.79. The number of nitrogens with one attached hydrogen (secondary N) is 2. The lowest BCUT2D eigenvalue weighted by Crippen LogP contribution is -2.23. The van der Waals surface area contributed by atoms with E-state index < -0.39 is 18.5 Å². The number of benzene rings is 1. The van der Waals surface area contributed by atoms with Crippen LogP contribution in [-0.2, 0) is 9.53 Å². The zero-order valence-electron chi connectivity index (χ0n) is 15.2. The van der Waals surface area contributed by atoms with Gasteiger partial charge in [-0.1, -0.05) is 29.8 Å². The second-order valence-electron chi connectivity index (χ2n) is 6.07. The molecule has 1 aromatic carbocycles. The summed E-state index contributed by atoms with van der Waals surface area (Å²) in [5.74, 6) is -0.918. The predicted molar refractivity (Wildman–Crippen MR) is 105 cm³/mol. The number of hydrogen-bond acceptors (Lipinski definition) is 4. The molecule has 142 valence electrons. The van der Waals surface area contributed by atoms with Crippen molar-refractivity contribution in [3.8, 4) is 11.8 Å². The van der Waals surface area contributed by atoms with Crippen molar-refractivity contribution in [3.05, 3.63) is 70.1 Å². The Bertz CT molecular complexity index is 1080. The molecule has 0 bridgehead atoms. The summed E-state index contributed by atoms with van der Waals surface area (Å²) in [5, 5.41) is 12.6. The Kier molecular flexibility index (Phi) is 5.52. The van der Waals surface area contributed by atoms with E-state index in [0.717, 1.165) is 16.9 Å². The molecule has 2 heterocycles. The molecule has 0 spiro atoms. The first-order valence-electron chi connectivity index (χ1n) is 8.40. The van der Waals surface area contributed by atoms with Gasteiger partial charge in [-0.3, -0.25) is 9.36 Å². The maximum absolute atomic E-state index is 12.4. The molecule has 0 unspecified atom stereocenters. The zero-order chi connectivity index (χ0) is 20.3. The predicted octanol–water partition coefficient (Wildman–Crippen LogP) is 3.74. The summed E-state index contributed by atoms with van der Waals surface area (Å²) in [7, 11) is 0. The molecule has 0 saturated carbocycles. The molecule has 2 N–H and O–H groups in total. The number of aromatic amines is 1. The second kappa shape index (κ2) is 8.03. The fraction of sp³-hybridized carbons (Fsp3) is 0.150. The number of halogens is 1. The Balaban J connectivity index is 1.81. The maximum atomic E-state index is 12.4. The molecule has 0 aliphatic rings. The van der Waals surface area contributed by atoms with E-state index in [1.807, 2.05) is 44.2 Å². The van der Waals surface area contributed by atoms with Crippen LogP contribution in [0.3, 0.4) is 0 Å². The topological polar surface area (TPSA) is 99.9 Å². The molecule has 2 aromatic heterocycles. The third kappa shape index (κ3) is 3.77. The van der Waals surface area contributed by atoms with Crippen LogP contribution in [-0.4, -0.2) is 28.0 Å². The van der Waals surface area contributed by atoms with Crippen molar-refractivity contribution in [1.29, 1.82) is 5.26 Å². The quantitative estimate of drug-likeness (QED) is 0.641. The number of aromatic nitrogens is 2. The molecule has 0 aliphatic heterocycles. The maximum Gasteiger partial charge on any atom is 0.355 e. The molecular weight excluding hydrogens is 380 g/mol. The molecule has 0 fully saturated rings. The van der Waals surface area contributed by atoms with Crippen LogP contribution in [0.25, 0.3) is 5.69 Å². The minimum absolute atomic E-state index is 0.148. The number of rotatable bonds is 5. The van der Waals surface area contributed by atoms with Gasteiger partial charge in [0.05, 0.1) is 10.6 Å². The molecule has 8 heteroatoms. The molecule has 0 saturated heterocycles. The monoisotopic (exact) mass is 396 g/mol. The first kappa shape index (κ1) is 19.3. The van der Waals surface area contributed by atoms with Crippen molar-refractivity contribution >= 4 is 29.3 Å². The summed E-state index contributed by atoms with van der Waals surface area (Å²) >= 11 is 5.75. The first-order valence-corrected chi connectivity index (χ1v) is 8.78. The number of hydrogen-bond donors (Lipinski definition) is 2. The van der Waals surface area contributed by atoms with Crippen LogP contribution in [0.4, 0.5) is 5.82 Å². The van der Waals surface area contributed by atoms with Crippen LogP contribution in [0, 0.1) is 25.2 Å². The molecule has 1 amide bonds. The van der Waals surface area contributed by atoms with E-state index in [9.17, 15) is 14.9 Å². The van der Waals surface area contributed by atoms with Crippen LogP contribution < -0.4 is 5.32 Å². The lowest BCUT2D eigenvalue weighted by molar-refractivity contribution is -0.119. The number of nitriles is 1. The summed E-state index contributed by atoms with van der Waals surface area (Å²) in [4.78, 5) is 27.0. The molecular formula is C20H17ClN4O3. The SMILES string of the molecule is Cc1c(C#N)c(NC(=O)COC(=O)c2cc(Cl)c[nH]2)n(-c2ccccc2)c1C. The highest BCUT2D eigenvalue weighted by molar-refractivity contribution is 6.30. The van der Waals surface area contributed by atoms with Gasteiger partial charge < -0.3 is 15.0 Å². The van der Waals surface area contributed by atoms with E-state index in [1.165, 1.54) is 12.3 Å². The van der Waals surface area contributed by atoms with Crippen molar-refractivity contribution in [2.24, 2.45) is 0 Å². The molecule has 7 nitrogen and oxygen atoms in total. The Labute approximate surface area is 166 Å². The van der Waals surface area contributed by atoms with E-state index in [4.69, 9.17) is 16.3 Å². The van der Waals surface area contributed by atoms with Gasteiger partial charge in [0.1, 0.15) is 17.6 Å². The standard InChI is InChI=1S/C20H17ClN4O3/c1-12-13(2)25(15-6-4-3-5-7-15)19(16(12)9-22)24-18(26)11-28-20(27)17-8-14(21)10-23-17/h3-8,10,23H,11H2,1-2H3,(H,24,26). The Morgan fingerprint density at radius 3 is 2.61 bits per heavy atom. The number of nitrogens with zero attached hydrogens (tertiary/aromatic N) is 2. The number of amides is 1. The highest BCUT2D eigenvalue weighted by atomic mass is 35.5. The van der Waals surface area contributed by atoms with E-state index in [0.29, 0.717) is 16.4 Å². The van der Waals surface area contributed by atoms with Crippen LogP contribution >= 0.6 is 11.6 Å². The number of carbonyl (C=O) groups is 2. The smallest absolute Gasteiger partial charge is 0.355 e. The van der Waals surface area contributed by atoms with Crippen molar-refractivity contribution in [2.45, 2.75) is 13.8 Å². The summed E-state index contributed by atoms with van der Waals surface area (Å²) in [6.07, 6.45) is 1.44. The fourth-order valence-electron chi connectivity index (χ4n) is 2.82. The largest absolute Gasteiger partial charge is 0.451 e. The van der Waals surface area contributed by atoms with Gasteiger partial charge in [-0.25, -0.2) is 4.79 Å². The highest BCUT2D eigenvalue weighted by Crippen LogP contribution is 2.29. The van der Waals surface area contributed by atoms with Crippen molar-refractivity contribution in [3.63, 3.8) is 0 Å². The number of H-pyrrole nitrogens is 1. The van der Waals surface area contributed by atoms with Gasteiger partial charge in [0.15, 0.2) is 6.61 Å². The number of carbonyl (C=O) groups excluding carboxylic acids is 2. The Morgan fingerprint density at radius 1 is 1.29 bits per heavy atom. The van der Waals surface area contributed by atoms with Gasteiger partial charge in [0.2, 0.25) is 0 Å². The molecule has 3 aromatic rings. The minimum atomic E-state index is -0.701. The van der Waals surface area contributed by atoms with E-state index in [1.54, 1.807) is 4.57 Å². The molecule has 28 heavy (non-hydrogen) atoms. The average molecular weight is 397 g/mol. The van der Waals surface area contributed by atoms with Crippen LogP contribution in [0.15, 0.2) is 42.6 Å². The van der Waals surface area contributed by atoms with Gasteiger partial charge in [-0.05, 0) is 37.6 Å². The number of ether oxygens (including phenoxy) is 1. The van der Waals surface area contributed by atoms with Crippen molar-refractivity contribution in [1.82, 2.24) is 9.55 Å². The third-order valence-electron chi connectivity index (χ3n) is 4.30. The van der Waals surface area contributed by atoms with Crippen molar-refractivity contribution < 1.29 is 14.3 Å². The lowest BCUT2D eigenvalue weighted by Gasteiger charge is -2.13. The van der Waals surface area contributed by atoms with Crippen LogP contribution in [0.5, 0.6) is 0 Å². The van der Waals surface area contributed by atoms with Gasteiger partial charge >= 0.3 is 5.97 Å². The van der Waals surface area contributed by atoms with Gasteiger partial charge in [0, 0.05) is 17.6 Å². The first-order chi connectivity index (χ1) is 13.4. The Hall–Kier alpha value is -3.50. The van der Waals surface area contributed by atoms with Crippen LogP contribution in [0.1, 0.15) is 27.3 Å². The number of anilines is 1. The van der Waals surface area contributed by atoms with Crippen molar-refractivity contribution in [2.75, 3.05) is 11.9 Å². The summed E-state index contributed by atoms with van der Waals surface area (Å²) in [6.45, 7) is 3.18. The zero-order valence-corrected chi connectivity index (χ0v) is 16.0. The highest BCUT2D eigenvalue weighted by Gasteiger charge is 2.21. The van der Waals surface area contributed by atoms with Gasteiger partial charge in [0.25, 0.3) is 5.91 Å². The Morgan fingerprint density at radius 2 is 2.00 bits per heavy atom. The van der Waals surface area contributed by atoms with E-state index in [2.05, 4.69) is 16.4 Å². The van der Waals surface area contributed by atoms with Gasteiger partial charge in [-0.2, -0.15) is 5.26 Å². The summed E-state index contributed by atoms with van der Waals surface area (Å²) in [6, 6.07) is 12.9. The van der Waals surface area contributed by atoms with Gasteiger partial charge in [-0.15, -0.1) is 0 Å². The normalized spacial score (nSPS) is 10.4.